The molecule has 1 aromatic rings. The van der Waals surface area contributed by atoms with Crippen molar-refractivity contribution in [3.63, 3.8) is 0 Å². The summed E-state index contributed by atoms with van der Waals surface area (Å²) in [5.41, 5.74) is 1.69. The minimum absolute atomic E-state index is 0.0137. The highest BCUT2D eigenvalue weighted by molar-refractivity contribution is 8.00. The van der Waals surface area contributed by atoms with E-state index in [1.807, 2.05) is 6.92 Å². The zero-order valence-electron chi connectivity index (χ0n) is 27.0. The van der Waals surface area contributed by atoms with E-state index in [4.69, 9.17) is 21.3 Å². The number of nitrogens with one attached hydrogen (secondary N) is 1. The minimum atomic E-state index is -2.51. The Morgan fingerprint density at radius 3 is 2.67 bits per heavy atom. The molecule has 1 aromatic heterocycles. The van der Waals surface area contributed by atoms with Crippen LogP contribution in [0.4, 0.5) is 8.78 Å². The lowest BCUT2D eigenvalue weighted by atomic mass is 9.70. The number of nitrogens with zero attached hydrogens (tertiary/aromatic N) is 3. The molecule has 9 atom stereocenters. The van der Waals surface area contributed by atoms with Crippen molar-refractivity contribution in [3.05, 3.63) is 27.4 Å². The maximum absolute atomic E-state index is 13.9. The molecule has 2 N–H and O–H groups in total. The molecule has 2 saturated heterocycles. The minimum Gasteiger partial charge on any atom is -0.481 e. The number of aromatic nitrogens is 2. The predicted octanol–water partition coefficient (Wildman–Crippen LogP) is 4.89. The van der Waals surface area contributed by atoms with E-state index in [0.717, 1.165) is 62.6 Å². The van der Waals surface area contributed by atoms with Crippen LogP contribution >= 0.6 is 23.4 Å². The molecule has 3 heterocycles. The molecule has 4 aliphatic carbocycles. The van der Waals surface area contributed by atoms with Gasteiger partial charge in [-0.1, -0.05) is 0 Å². The highest BCUT2D eigenvalue weighted by atomic mass is 35.5. The van der Waals surface area contributed by atoms with Crippen molar-refractivity contribution >= 4 is 29.3 Å². The molecule has 0 radical (unpaired) electrons. The number of carboxylic acid groups (broad SMARTS) is 1. The van der Waals surface area contributed by atoms with Crippen LogP contribution in [0, 0.1) is 30.6 Å². The van der Waals surface area contributed by atoms with Crippen molar-refractivity contribution in [1.29, 1.82) is 0 Å². The second kappa shape index (κ2) is 13.2. The maximum atomic E-state index is 13.9. The third kappa shape index (κ3) is 6.78. The fraction of sp³-hybridized carbons (Fsp3) is 0.853. The number of ether oxygens (including phenoxy) is 1. The van der Waals surface area contributed by atoms with Gasteiger partial charge in [0.05, 0.1) is 30.9 Å². The van der Waals surface area contributed by atoms with Crippen LogP contribution in [0.1, 0.15) is 81.8 Å². The quantitative estimate of drug-likeness (QED) is 0.337. The zero-order chi connectivity index (χ0) is 32.3. The number of thioether (sulfide) groups is 1. The fourth-order valence-corrected chi connectivity index (χ4v) is 11.6. The van der Waals surface area contributed by atoms with Gasteiger partial charge in [-0.3, -0.25) is 19.1 Å². The number of alkyl halides is 3. The van der Waals surface area contributed by atoms with E-state index >= 15 is 0 Å². The van der Waals surface area contributed by atoms with Crippen molar-refractivity contribution in [2.45, 2.75) is 138 Å². The number of carboxylic acids is 1. The van der Waals surface area contributed by atoms with E-state index in [9.17, 15) is 23.5 Å². The smallest absolute Gasteiger partial charge is 0.308 e. The van der Waals surface area contributed by atoms with E-state index in [1.54, 1.807) is 16.3 Å². The number of hydrogen-bond donors (Lipinski definition) is 2. The summed E-state index contributed by atoms with van der Waals surface area (Å²) in [6, 6.07) is 0.861. The normalized spacial score (nSPS) is 37.5. The van der Waals surface area contributed by atoms with Crippen LogP contribution in [0.25, 0.3) is 0 Å². The highest BCUT2D eigenvalue weighted by Gasteiger charge is 2.52. The molecular weight excluding hydrogens is 634 g/mol. The topological polar surface area (TPSA) is 96.7 Å². The molecule has 0 aromatic carbocycles. The Labute approximate surface area is 279 Å². The van der Waals surface area contributed by atoms with Crippen LogP contribution in [-0.2, 0) is 28.9 Å². The first-order chi connectivity index (χ1) is 22.0. The second-order valence-electron chi connectivity index (χ2n) is 15.2. The van der Waals surface area contributed by atoms with Gasteiger partial charge in [0.25, 0.3) is 5.56 Å². The lowest BCUT2D eigenvalue weighted by molar-refractivity contribution is -0.142. The van der Waals surface area contributed by atoms with Gasteiger partial charge < -0.3 is 15.2 Å². The molecule has 8 unspecified atom stereocenters. The summed E-state index contributed by atoms with van der Waals surface area (Å²) < 4.78 is 35.6. The first-order valence-electron chi connectivity index (χ1n) is 17.6. The molecule has 8 nitrogen and oxygen atoms in total. The Balaban J connectivity index is 1.02. The monoisotopic (exact) mass is 682 g/mol. The highest BCUT2D eigenvalue weighted by Crippen LogP contribution is 2.49. The molecule has 2 aliphatic heterocycles. The molecule has 12 heteroatoms. The van der Waals surface area contributed by atoms with Gasteiger partial charge in [-0.2, -0.15) is 11.8 Å². The Morgan fingerprint density at radius 2 is 1.96 bits per heavy atom. The summed E-state index contributed by atoms with van der Waals surface area (Å²) >= 11 is 8.53. The third-order valence-electron chi connectivity index (χ3n) is 11.9. The van der Waals surface area contributed by atoms with Gasteiger partial charge in [0.15, 0.2) is 0 Å². The number of rotatable bonds is 10. The van der Waals surface area contributed by atoms with Crippen molar-refractivity contribution in [2.75, 3.05) is 18.9 Å². The molecule has 7 rings (SSSR count). The van der Waals surface area contributed by atoms with Gasteiger partial charge in [0.2, 0.25) is 5.92 Å². The summed E-state index contributed by atoms with van der Waals surface area (Å²) in [7, 11) is 0. The van der Waals surface area contributed by atoms with Crippen molar-refractivity contribution in [2.24, 2.45) is 23.7 Å². The number of aryl methyl sites for hydroxylation is 2. The molecule has 0 spiro atoms. The fourth-order valence-electron chi connectivity index (χ4n) is 9.48. The average Bonchev–Trinajstić information content (AvgIpc) is 3.74. The Kier molecular flexibility index (Phi) is 9.55. The molecule has 46 heavy (non-hydrogen) atoms. The summed E-state index contributed by atoms with van der Waals surface area (Å²) in [4.78, 5) is 33.2. The average molecular weight is 683 g/mol. The number of halogens is 3. The maximum Gasteiger partial charge on any atom is 0.308 e. The van der Waals surface area contributed by atoms with E-state index in [1.165, 1.54) is 0 Å². The summed E-state index contributed by atoms with van der Waals surface area (Å²) in [6.45, 7) is 5.59. The number of hydrogen-bond acceptors (Lipinski definition) is 7. The van der Waals surface area contributed by atoms with Gasteiger partial charge in [-0.15, -0.1) is 11.6 Å². The van der Waals surface area contributed by atoms with Crippen LogP contribution < -0.4 is 10.9 Å². The first-order valence-corrected chi connectivity index (χ1v) is 19.0. The number of carbonyl (C=O) groups is 1. The lowest BCUT2D eigenvalue weighted by Crippen LogP contribution is -2.57. The van der Waals surface area contributed by atoms with Gasteiger partial charge in [0.1, 0.15) is 5.82 Å². The molecular formula is C34H49ClF2N4O4S. The molecule has 0 amide bonds. The summed E-state index contributed by atoms with van der Waals surface area (Å²) in [6.07, 6.45) is 8.11. The van der Waals surface area contributed by atoms with Crippen molar-refractivity contribution < 1.29 is 23.4 Å². The van der Waals surface area contributed by atoms with Gasteiger partial charge in [-0.05, 0) is 89.4 Å². The van der Waals surface area contributed by atoms with Crippen LogP contribution in [0.3, 0.4) is 0 Å². The zero-order valence-corrected chi connectivity index (χ0v) is 28.6. The second-order valence-corrected chi connectivity index (χ2v) is 17.0. The van der Waals surface area contributed by atoms with Crippen molar-refractivity contribution in [1.82, 2.24) is 19.8 Å². The van der Waals surface area contributed by atoms with Gasteiger partial charge in [0, 0.05) is 65.5 Å². The van der Waals surface area contributed by atoms with Crippen LogP contribution in [0.5, 0.6) is 0 Å². The Morgan fingerprint density at radius 1 is 1.17 bits per heavy atom. The molecule has 6 aliphatic rings. The van der Waals surface area contributed by atoms with E-state index < -0.39 is 11.9 Å². The largest absolute Gasteiger partial charge is 0.481 e. The van der Waals surface area contributed by atoms with Crippen LogP contribution in [-0.4, -0.2) is 91.3 Å². The Bertz CT molecular complexity index is 1350. The van der Waals surface area contributed by atoms with Gasteiger partial charge in [-0.25, -0.2) is 13.8 Å². The molecule has 256 valence electrons. The molecule has 0 bridgehead atoms. The number of piperidine rings is 1. The summed E-state index contributed by atoms with van der Waals surface area (Å²) in [5.74, 6) is -1.64. The SMILES string of the molecule is Cc1nc2c(c(=O)n1CCOC1CCC(Cl)CC1C1CC(C)NC3C(C(=O)O)CSC13)C[C@@H](N(CC1CC(F)(F)C1)C1CC1)CC2. The lowest BCUT2D eigenvalue weighted by Gasteiger charge is -2.47. The first kappa shape index (κ1) is 33.2. The third-order valence-corrected chi connectivity index (χ3v) is 13.9. The standard InChI is InChI=1S/C34H49ClF2N4O4S/c1-18-11-25(31-30(38-18)27(17-46-31)33(43)44)24-12-21(35)3-8-29(24)45-10-9-40-19(2)39-28-7-6-23(13-26(28)32(40)42)41(22-4-5-22)16-20-14-34(36,37)15-20/h18,20-25,27,29-31,38H,3-17H2,1-2H3,(H,43,44)/t18?,21?,23-,24?,25?,27?,29?,30?,31?/m0/s1. The summed E-state index contributed by atoms with van der Waals surface area (Å²) in [5, 5.41) is 13.8. The van der Waals surface area contributed by atoms with Crippen molar-refractivity contribution in [3.8, 4) is 0 Å². The van der Waals surface area contributed by atoms with Gasteiger partial charge >= 0.3 is 5.97 Å². The Hall–Kier alpha value is -1.27. The molecule has 5 fully saturated rings. The predicted molar refractivity (Wildman–Crippen MR) is 175 cm³/mol. The molecule has 3 saturated carbocycles. The van der Waals surface area contributed by atoms with Crippen LogP contribution in [0.2, 0.25) is 0 Å². The van der Waals surface area contributed by atoms with E-state index in [0.29, 0.717) is 49.7 Å². The van der Waals surface area contributed by atoms with E-state index in [2.05, 4.69) is 17.1 Å². The van der Waals surface area contributed by atoms with Crippen LogP contribution in [0.15, 0.2) is 4.79 Å². The number of fused-ring (bicyclic) bond motifs is 2. The number of aliphatic carboxylic acids is 1. The van der Waals surface area contributed by atoms with E-state index in [-0.39, 0.29) is 71.0 Å².